The zero-order valence-corrected chi connectivity index (χ0v) is 14.5. The number of aryl methyl sites for hydroxylation is 1. The molecule has 0 saturated carbocycles. The van der Waals surface area contributed by atoms with Crippen molar-refractivity contribution in [1.29, 1.82) is 0 Å². The minimum absolute atomic E-state index is 0.251. The predicted molar refractivity (Wildman–Crippen MR) is 88.9 cm³/mol. The summed E-state index contributed by atoms with van der Waals surface area (Å²) in [6.07, 6.45) is -1.01. The summed E-state index contributed by atoms with van der Waals surface area (Å²) in [6.45, 7) is 5.41. The van der Waals surface area contributed by atoms with Gasteiger partial charge in [-0.1, -0.05) is 5.16 Å². The monoisotopic (exact) mass is 348 g/mol. The number of carbonyl (C=O) groups is 2. The normalized spacial score (nSPS) is 11.5. The number of hydrogen-bond donors (Lipinski definition) is 1. The number of esters is 1. The van der Waals surface area contributed by atoms with Crippen LogP contribution in [0.25, 0.3) is 0 Å². The summed E-state index contributed by atoms with van der Waals surface area (Å²) < 4.78 is 20.6. The number of carbonyl (C=O) groups excluding carboxylic acids is 2. The van der Waals surface area contributed by atoms with Gasteiger partial charge in [-0.25, -0.2) is 4.79 Å². The van der Waals surface area contributed by atoms with Crippen molar-refractivity contribution in [2.45, 2.75) is 26.9 Å². The van der Waals surface area contributed by atoms with Gasteiger partial charge in [0.1, 0.15) is 5.76 Å². The van der Waals surface area contributed by atoms with Crippen LogP contribution in [0.3, 0.4) is 0 Å². The third-order valence-electron chi connectivity index (χ3n) is 3.23. The zero-order valence-electron chi connectivity index (χ0n) is 14.5. The fourth-order valence-corrected chi connectivity index (χ4v) is 2.01. The molecule has 25 heavy (non-hydrogen) atoms. The van der Waals surface area contributed by atoms with Gasteiger partial charge in [0.25, 0.3) is 5.91 Å². The van der Waals surface area contributed by atoms with Crippen LogP contribution in [0.4, 0.5) is 5.82 Å². The Morgan fingerprint density at radius 1 is 1.28 bits per heavy atom. The molecule has 8 nitrogen and oxygen atoms in total. The maximum absolute atomic E-state index is 12.2. The number of hydrogen-bond acceptors (Lipinski definition) is 7. The molecular weight excluding hydrogens is 328 g/mol. The lowest BCUT2D eigenvalue weighted by Gasteiger charge is -2.14. The number of anilines is 1. The van der Waals surface area contributed by atoms with Crippen LogP contribution >= 0.6 is 0 Å². The quantitative estimate of drug-likeness (QED) is 0.768. The van der Waals surface area contributed by atoms with E-state index in [4.69, 9.17) is 18.7 Å². The Bertz CT molecular complexity index is 755. The zero-order chi connectivity index (χ0) is 18.4. The summed E-state index contributed by atoms with van der Waals surface area (Å²) in [4.78, 5) is 24.3. The van der Waals surface area contributed by atoms with Gasteiger partial charge in [0.05, 0.1) is 19.3 Å². The van der Waals surface area contributed by atoms with E-state index in [0.717, 1.165) is 0 Å². The molecule has 2 rings (SSSR count). The second-order valence-electron chi connectivity index (χ2n) is 5.16. The Hall–Kier alpha value is -3.03. The summed E-state index contributed by atoms with van der Waals surface area (Å²) in [7, 11) is 1.51. The summed E-state index contributed by atoms with van der Waals surface area (Å²) >= 11 is 0. The van der Waals surface area contributed by atoms with E-state index in [9.17, 15) is 9.59 Å². The fourth-order valence-electron chi connectivity index (χ4n) is 2.01. The number of ether oxygens (including phenoxy) is 3. The van der Waals surface area contributed by atoms with E-state index >= 15 is 0 Å². The van der Waals surface area contributed by atoms with Gasteiger partial charge in [-0.2, -0.15) is 0 Å². The number of nitrogens with zero attached hydrogens (tertiary/aromatic N) is 1. The van der Waals surface area contributed by atoms with Crippen LogP contribution in [0.2, 0.25) is 0 Å². The highest BCUT2D eigenvalue weighted by Gasteiger charge is 2.21. The lowest BCUT2D eigenvalue weighted by molar-refractivity contribution is -0.123. The van der Waals surface area contributed by atoms with Gasteiger partial charge in [-0.15, -0.1) is 0 Å². The van der Waals surface area contributed by atoms with E-state index in [1.54, 1.807) is 19.1 Å². The van der Waals surface area contributed by atoms with Crippen molar-refractivity contribution in [3.05, 3.63) is 35.6 Å². The molecule has 1 heterocycles. The number of benzene rings is 1. The SMILES string of the molecule is CCOc1cc(C(=O)O[C@H](C)C(=O)Nc2cc(C)on2)ccc1OC. The fraction of sp³-hybridized carbons (Fsp3) is 0.353. The van der Waals surface area contributed by atoms with Crippen LogP contribution in [0.15, 0.2) is 28.8 Å². The summed E-state index contributed by atoms with van der Waals surface area (Å²) in [6, 6.07) is 6.21. The predicted octanol–water partition coefficient (Wildman–Crippen LogP) is 2.57. The highest BCUT2D eigenvalue weighted by molar-refractivity contribution is 5.97. The first kappa shape index (κ1) is 18.3. The second kappa shape index (κ2) is 8.18. The Morgan fingerprint density at radius 3 is 2.64 bits per heavy atom. The molecule has 0 saturated heterocycles. The third-order valence-corrected chi connectivity index (χ3v) is 3.23. The number of amides is 1. The van der Waals surface area contributed by atoms with Crippen molar-refractivity contribution in [3.8, 4) is 11.5 Å². The smallest absolute Gasteiger partial charge is 0.339 e. The van der Waals surface area contributed by atoms with Crippen LogP contribution in [0.5, 0.6) is 11.5 Å². The van der Waals surface area contributed by atoms with Crippen molar-refractivity contribution >= 4 is 17.7 Å². The number of aromatic nitrogens is 1. The molecule has 0 aliphatic heterocycles. The Morgan fingerprint density at radius 2 is 2.04 bits per heavy atom. The van der Waals surface area contributed by atoms with E-state index in [1.165, 1.54) is 26.2 Å². The van der Waals surface area contributed by atoms with Crippen molar-refractivity contribution in [3.63, 3.8) is 0 Å². The van der Waals surface area contributed by atoms with Crippen molar-refractivity contribution in [2.75, 3.05) is 19.0 Å². The molecule has 1 N–H and O–H groups in total. The van der Waals surface area contributed by atoms with Gasteiger partial charge in [0, 0.05) is 6.07 Å². The first-order valence-corrected chi connectivity index (χ1v) is 7.70. The van der Waals surface area contributed by atoms with Crippen LogP contribution < -0.4 is 14.8 Å². The van der Waals surface area contributed by atoms with Gasteiger partial charge in [-0.3, -0.25) is 4.79 Å². The molecule has 8 heteroatoms. The molecular formula is C17H20N2O6. The standard InChI is InChI=1S/C17H20N2O6/c1-5-23-14-9-12(6-7-13(14)22-4)17(21)24-11(3)16(20)18-15-8-10(2)25-19-15/h6-9,11H,5H2,1-4H3,(H,18,19,20)/t11-/m1/s1. The van der Waals surface area contributed by atoms with E-state index in [-0.39, 0.29) is 11.4 Å². The number of methoxy groups -OCH3 is 1. The molecule has 0 fully saturated rings. The maximum atomic E-state index is 12.2. The molecule has 1 aromatic carbocycles. The average molecular weight is 348 g/mol. The molecule has 1 amide bonds. The molecule has 0 aliphatic carbocycles. The minimum Gasteiger partial charge on any atom is -0.493 e. The second-order valence-corrected chi connectivity index (χ2v) is 5.16. The first-order chi connectivity index (χ1) is 11.9. The third kappa shape index (κ3) is 4.72. The summed E-state index contributed by atoms with van der Waals surface area (Å²) in [5, 5.41) is 6.15. The molecule has 0 radical (unpaired) electrons. The number of rotatable bonds is 7. The molecule has 0 bridgehead atoms. The molecule has 0 spiro atoms. The lowest BCUT2D eigenvalue weighted by Crippen LogP contribution is -2.30. The van der Waals surface area contributed by atoms with Crippen LogP contribution in [0, 0.1) is 6.92 Å². The van der Waals surface area contributed by atoms with Crippen molar-refractivity contribution in [2.24, 2.45) is 0 Å². The molecule has 0 aliphatic rings. The first-order valence-electron chi connectivity index (χ1n) is 7.70. The molecule has 134 valence electrons. The van der Waals surface area contributed by atoms with Gasteiger partial charge >= 0.3 is 5.97 Å². The summed E-state index contributed by atoms with van der Waals surface area (Å²) in [5.41, 5.74) is 0.251. The van der Waals surface area contributed by atoms with E-state index in [2.05, 4.69) is 10.5 Å². The molecule has 1 atom stereocenters. The molecule has 1 aromatic heterocycles. The lowest BCUT2D eigenvalue weighted by atomic mass is 10.2. The topological polar surface area (TPSA) is 99.9 Å². The van der Waals surface area contributed by atoms with Crippen LogP contribution in [0.1, 0.15) is 30.0 Å². The van der Waals surface area contributed by atoms with Gasteiger partial charge < -0.3 is 24.1 Å². The van der Waals surface area contributed by atoms with Crippen molar-refractivity contribution in [1.82, 2.24) is 5.16 Å². The van der Waals surface area contributed by atoms with E-state index < -0.39 is 18.0 Å². The van der Waals surface area contributed by atoms with Crippen molar-refractivity contribution < 1.29 is 28.3 Å². The number of nitrogens with one attached hydrogen (secondary N) is 1. The van der Waals surface area contributed by atoms with Crippen LogP contribution in [-0.4, -0.2) is 36.9 Å². The Balaban J connectivity index is 2.02. The van der Waals surface area contributed by atoms with E-state index in [0.29, 0.717) is 23.9 Å². The average Bonchev–Trinajstić information content (AvgIpc) is 2.99. The molecule has 0 unspecified atom stereocenters. The minimum atomic E-state index is -1.01. The largest absolute Gasteiger partial charge is 0.493 e. The van der Waals surface area contributed by atoms with Crippen LogP contribution in [-0.2, 0) is 9.53 Å². The van der Waals surface area contributed by atoms with Gasteiger partial charge in [-0.05, 0) is 39.0 Å². The Labute approximate surface area is 145 Å². The molecule has 2 aromatic rings. The Kier molecular flexibility index (Phi) is 5.99. The van der Waals surface area contributed by atoms with Gasteiger partial charge in [0.15, 0.2) is 23.4 Å². The highest BCUT2D eigenvalue weighted by atomic mass is 16.5. The van der Waals surface area contributed by atoms with E-state index in [1.807, 2.05) is 6.92 Å². The summed E-state index contributed by atoms with van der Waals surface area (Å²) in [5.74, 6) is 0.582. The van der Waals surface area contributed by atoms with Gasteiger partial charge in [0.2, 0.25) is 0 Å². The maximum Gasteiger partial charge on any atom is 0.339 e. The highest BCUT2D eigenvalue weighted by Crippen LogP contribution is 2.28.